The zero-order valence-corrected chi connectivity index (χ0v) is 38.7. The smallest absolute Gasteiger partial charge is 0.159 e. The third-order valence-corrected chi connectivity index (χ3v) is 14.6. The first-order valence-electron chi connectivity index (χ1n) is 24.1. The highest BCUT2D eigenvalue weighted by Crippen LogP contribution is 2.58. The van der Waals surface area contributed by atoms with E-state index in [0.717, 1.165) is 39.5 Å². The molecule has 2 atom stereocenters. The molecule has 1 aliphatic carbocycles. The van der Waals surface area contributed by atoms with Crippen molar-refractivity contribution in [2.75, 3.05) is 7.05 Å². The molecule has 0 fully saturated rings. The SMILES string of the molecule is CN1C(c2ccccc2)=NC(c2ccc(-c3ccccc3)cc2)=NC1c1ccc(-c2c(-c3ccc(C4(c5ccccc5)c5ccccc5-c5c4ccc4ccccc54)cc3)ccc3ccccc23)cc1. The Morgan fingerprint density at radius 1 is 0.357 bits per heavy atom. The van der Waals surface area contributed by atoms with Gasteiger partial charge in [0.1, 0.15) is 12.0 Å². The highest BCUT2D eigenvalue weighted by Gasteiger charge is 2.46. The topological polar surface area (TPSA) is 28.0 Å². The van der Waals surface area contributed by atoms with Crippen LogP contribution in [0.1, 0.15) is 45.1 Å². The van der Waals surface area contributed by atoms with E-state index in [9.17, 15) is 0 Å². The van der Waals surface area contributed by atoms with Crippen molar-refractivity contribution in [3.63, 3.8) is 0 Å². The minimum atomic E-state index is -0.497. The van der Waals surface area contributed by atoms with Gasteiger partial charge in [0, 0.05) is 18.2 Å². The van der Waals surface area contributed by atoms with E-state index in [-0.39, 0.29) is 6.17 Å². The van der Waals surface area contributed by atoms with Crippen molar-refractivity contribution < 1.29 is 0 Å². The van der Waals surface area contributed by atoms with E-state index in [0.29, 0.717) is 0 Å². The Morgan fingerprint density at radius 3 is 1.57 bits per heavy atom. The number of fused-ring (bicyclic) bond motifs is 6. The molecule has 2 unspecified atom stereocenters. The van der Waals surface area contributed by atoms with Crippen LogP contribution in [0, 0.1) is 0 Å². The van der Waals surface area contributed by atoms with Gasteiger partial charge >= 0.3 is 0 Å². The molecule has 0 saturated carbocycles. The van der Waals surface area contributed by atoms with Crippen LogP contribution in [0.2, 0.25) is 0 Å². The lowest BCUT2D eigenvalue weighted by Gasteiger charge is -2.34. The molecule has 2 aliphatic rings. The largest absolute Gasteiger partial charge is 0.333 e. The molecule has 3 heteroatoms. The monoisotopic (exact) mass is 893 g/mol. The molecular weight excluding hydrogens is 847 g/mol. The molecule has 1 aliphatic heterocycles. The van der Waals surface area contributed by atoms with E-state index in [1.54, 1.807) is 0 Å². The van der Waals surface area contributed by atoms with Crippen LogP contribution < -0.4 is 0 Å². The normalized spacial score (nSPS) is 16.1. The lowest BCUT2D eigenvalue weighted by molar-refractivity contribution is 0.383. The molecule has 330 valence electrons. The quantitative estimate of drug-likeness (QED) is 0.149. The summed E-state index contributed by atoms with van der Waals surface area (Å²) >= 11 is 0. The predicted octanol–water partition coefficient (Wildman–Crippen LogP) is 16.2. The molecule has 0 aromatic heterocycles. The Bertz CT molecular complexity index is 3800. The van der Waals surface area contributed by atoms with Crippen LogP contribution in [0.5, 0.6) is 0 Å². The van der Waals surface area contributed by atoms with Gasteiger partial charge in [-0.25, -0.2) is 9.98 Å². The first-order chi connectivity index (χ1) is 34.6. The summed E-state index contributed by atoms with van der Waals surface area (Å²) in [5, 5.41) is 4.97. The van der Waals surface area contributed by atoms with Gasteiger partial charge in [-0.05, 0) is 93.9 Å². The lowest BCUT2D eigenvalue weighted by Crippen LogP contribution is -2.35. The van der Waals surface area contributed by atoms with Gasteiger partial charge < -0.3 is 4.90 Å². The molecule has 11 aromatic rings. The van der Waals surface area contributed by atoms with Gasteiger partial charge in [-0.15, -0.1) is 0 Å². The Hall–Kier alpha value is -8.92. The predicted molar refractivity (Wildman–Crippen MR) is 292 cm³/mol. The summed E-state index contributed by atoms with van der Waals surface area (Å²) in [6.45, 7) is 0. The van der Waals surface area contributed by atoms with E-state index < -0.39 is 5.41 Å². The third-order valence-electron chi connectivity index (χ3n) is 14.6. The first kappa shape index (κ1) is 41.3. The van der Waals surface area contributed by atoms with E-state index in [2.05, 4.69) is 261 Å². The Kier molecular flexibility index (Phi) is 10.0. The molecular formula is C67H47N3. The summed E-state index contributed by atoms with van der Waals surface area (Å²) in [4.78, 5) is 12.8. The summed E-state index contributed by atoms with van der Waals surface area (Å²) in [6.07, 6.45) is -0.286. The fourth-order valence-corrected chi connectivity index (χ4v) is 11.3. The number of hydrogen-bond acceptors (Lipinski definition) is 3. The van der Waals surface area contributed by atoms with Crippen molar-refractivity contribution in [2.24, 2.45) is 9.98 Å². The van der Waals surface area contributed by atoms with Crippen LogP contribution in [0.3, 0.4) is 0 Å². The molecule has 0 saturated heterocycles. The molecule has 0 radical (unpaired) electrons. The first-order valence-corrected chi connectivity index (χ1v) is 24.1. The summed E-state index contributed by atoms with van der Waals surface area (Å²) in [6, 6.07) is 94.9. The fourth-order valence-electron chi connectivity index (χ4n) is 11.3. The molecule has 0 N–H and O–H groups in total. The second-order valence-corrected chi connectivity index (χ2v) is 18.5. The maximum atomic E-state index is 5.37. The number of rotatable bonds is 8. The van der Waals surface area contributed by atoms with Crippen molar-refractivity contribution in [1.29, 1.82) is 0 Å². The van der Waals surface area contributed by atoms with Crippen LogP contribution in [0.4, 0.5) is 0 Å². The average Bonchev–Trinajstić information content (AvgIpc) is 3.75. The van der Waals surface area contributed by atoms with Crippen molar-refractivity contribution in [3.8, 4) is 44.5 Å². The highest BCUT2D eigenvalue weighted by atomic mass is 15.3. The van der Waals surface area contributed by atoms with E-state index in [1.807, 2.05) is 12.1 Å². The lowest BCUT2D eigenvalue weighted by atomic mass is 9.67. The van der Waals surface area contributed by atoms with E-state index >= 15 is 0 Å². The van der Waals surface area contributed by atoms with Gasteiger partial charge in [-0.1, -0.05) is 261 Å². The van der Waals surface area contributed by atoms with E-state index in [4.69, 9.17) is 9.98 Å². The molecule has 0 spiro atoms. The van der Waals surface area contributed by atoms with Crippen LogP contribution >= 0.6 is 0 Å². The van der Waals surface area contributed by atoms with Crippen LogP contribution in [-0.4, -0.2) is 23.6 Å². The highest BCUT2D eigenvalue weighted by molar-refractivity contribution is 6.13. The van der Waals surface area contributed by atoms with Crippen molar-refractivity contribution >= 4 is 33.2 Å². The summed E-state index contributed by atoms with van der Waals surface area (Å²) < 4.78 is 0. The van der Waals surface area contributed by atoms with Crippen LogP contribution in [0.25, 0.3) is 66.1 Å². The van der Waals surface area contributed by atoms with Gasteiger partial charge in [0.2, 0.25) is 0 Å². The molecule has 13 rings (SSSR count). The van der Waals surface area contributed by atoms with Crippen LogP contribution in [-0.2, 0) is 5.41 Å². The number of amidine groups is 2. The Morgan fingerprint density at radius 2 is 0.871 bits per heavy atom. The minimum absolute atomic E-state index is 0.286. The maximum Gasteiger partial charge on any atom is 0.159 e. The number of hydrogen-bond donors (Lipinski definition) is 0. The van der Waals surface area contributed by atoms with Gasteiger partial charge in [-0.2, -0.15) is 0 Å². The second kappa shape index (κ2) is 17.0. The fraction of sp³-hybridized carbons (Fsp3) is 0.0448. The van der Waals surface area contributed by atoms with Crippen molar-refractivity contribution in [2.45, 2.75) is 11.6 Å². The second-order valence-electron chi connectivity index (χ2n) is 18.5. The number of benzene rings is 11. The maximum absolute atomic E-state index is 5.37. The summed E-state index contributed by atoms with van der Waals surface area (Å²) in [7, 11) is 2.10. The molecule has 11 aromatic carbocycles. The van der Waals surface area contributed by atoms with Crippen molar-refractivity contribution in [1.82, 2.24) is 4.90 Å². The van der Waals surface area contributed by atoms with Crippen LogP contribution in [0.15, 0.2) is 271 Å². The summed E-state index contributed by atoms with van der Waals surface area (Å²) in [5.41, 5.74) is 17.5. The zero-order valence-electron chi connectivity index (χ0n) is 38.7. The molecule has 1 heterocycles. The number of aliphatic imine (C=N–C) groups is 2. The third kappa shape index (κ3) is 6.73. The molecule has 70 heavy (non-hydrogen) atoms. The molecule has 0 bridgehead atoms. The summed E-state index contributed by atoms with van der Waals surface area (Å²) in [5.74, 6) is 1.61. The Labute approximate surface area is 409 Å². The van der Waals surface area contributed by atoms with Crippen molar-refractivity contribution in [3.05, 3.63) is 300 Å². The van der Waals surface area contributed by atoms with Gasteiger partial charge in [0.05, 0.1) is 5.41 Å². The average molecular weight is 894 g/mol. The standard InChI is InChI=1S/C67H47N3/c1-70-65(52-21-7-3-8-22-52)68-64(51-33-29-46(30-34-51)45-17-5-2-6-18-45)69-66(70)53-35-31-50(32-36-53)62-56-25-13-11-19-47(56)39-43-58(62)49-37-41-55(42-38-49)67(54-23-9-4-10-24-54)60-28-16-15-27-59(60)63-57-26-14-12-20-48(57)40-44-61(63)67/h2-44,66H,1H3. The van der Waals surface area contributed by atoms with Gasteiger partial charge in [0.25, 0.3) is 0 Å². The minimum Gasteiger partial charge on any atom is -0.333 e. The zero-order chi connectivity index (χ0) is 46.6. The van der Waals surface area contributed by atoms with E-state index in [1.165, 1.54) is 77.2 Å². The Balaban J connectivity index is 0.906. The van der Waals surface area contributed by atoms with Gasteiger partial charge in [0.15, 0.2) is 5.84 Å². The molecule has 3 nitrogen and oxygen atoms in total. The number of nitrogens with zero attached hydrogens (tertiary/aromatic N) is 3. The van der Waals surface area contributed by atoms with Gasteiger partial charge in [-0.3, -0.25) is 0 Å². The molecule has 0 amide bonds.